The highest BCUT2D eigenvalue weighted by Crippen LogP contribution is 2.31. The van der Waals surface area contributed by atoms with E-state index in [1.165, 1.54) is 19.3 Å². The lowest BCUT2D eigenvalue weighted by Crippen LogP contribution is -2.29. The van der Waals surface area contributed by atoms with Gasteiger partial charge in [0, 0.05) is 37.6 Å². The number of anilines is 1. The van der Waals surface area contributed by atoms with Crippen molar-refractivity contribution in [2.24, 2.45) is 12.5 Å². The Bertz CT molecular complexity index is 1020. The van der Waals surface area contributed by atoms with Gasteiger partial charge in [0.15, 0.2) is 5.13 Å². The van der Waals surface area contributed by atoms with E-state index in [1.807, 2.05) is 11.6 Å². The molecule has 0 spiro atoms. The fourth-order valence-corrected chi connectivity index (χ4v) is 4.71. The van der Waals surface area contributed by atoms with E-state index in [4.69, 9.17) is 4.98 Å². The second kappa shape index (κ2) is 6.82. The van der Waals surface area contributed by atoms with E-state index in [1.54, 1.807) is 15.9 Å². The Morgan fingerprint density at radius 3 is 2.56 bits per heavy atom. The van der Waals surface area contributed by atoms with Crippen LogP contribution in [0.15, 0.2) is 28.4 Å². The van der Waals surface area contributed by atoms with Gasteiger partial charge < -0.3 is 4.90 Å². The molecule has 2 aromatic heterocycles. The van der Waals surface area contributed by atoms with Crippen LogP contribution >= 0.6 is 11.3 Å². The third-order valence-electron chi connectivity index (χ3n) is 5.19. The monoisotopic (exact) mass is 384 g/mol. The van der Waals surface area contributed by atoms with Crippen LogP contribution in [0.25, 0.3) is 22.3 Å². The van der Waals surface area contributed by atoms with E-state index in [-0.39, 0.29) is 11.1 Å². The number of thiazole rings is 1. The maximum atomic E-state index is 12.7. The number of aryl methyl sites for hydroxylation is 1. The number of fused-ring (bicyclic) bond motifs is 1. The molecule has 0 unspecified atom stereocenters. The molecule has 0 N–H and O–H groups in total. The summed E-state index contributed by atoms with van der Waals surface area (Å²) in [5, 5.41) is 3.25. The van der Waals surface area contributed by atoms with E-state index in [0.717, 1.165) is 40.5 Å². The van der Waals surface area contributed by atoms with Gasteiger partial charge in [0.25, 0.3) is 0 Å². The van der Waals surface area contributed by atoms with Gasteiger partial charge >= 0.3 is 5.69 Å². The van der Waals surface area contributed by atoms with Gasteiger partial charge in [-0.1, -0.05) is 26.8 Å². The predicted octanol–water partition coefficient (Wildman–Crippen LogP) is 4.50. The predicted molar refractivity (Wildman–Crippen MR) is 114 cm³/mol. The Morgan fingerprint density at radius 2 is 1.85 bits per heavy atom. The summed E-state index contributed by atoms with van der Waals surface area (Å²) in [6.45, 7) is 9.39. The maximum Gasteiger partial charge on any atom is 0.328 e. The molecule has 27 heavy (non-hydrogen) atoms. The summed E-state index contributed by atoms with van der Waals surface area (Å²) in [5.74, 6) is 0. The molecule has 144 valence electrons. The molecule has 0 radical (unpaired) electrons. The van der Waals surface area contributed by atoms with Crippen molar-refractivity contribution < 1.29 is 0 Å². The molecule has 4 rings (SSSR count). The van der Waals surface area contributed by atoms with Crippen LogP contribution in [0.3, 0.4) is 0 Å². The van der Waals surface area contributed by atoms with Crippen LogP contribution in [0.1, 0.15) is 40.0 Å². The van der Waals surface area contributed by atoms with Crippen molar-refractivity contribution in [1.82, 2.24) is 14.1 Å². The molecule has 3 heterocycles. The van der Waals surface area contributed by atoms with Crippen LogP contribution in [0.4, 0.5) is 5.13 Å². The van der Waals surface area contributed by atoms with Crippen molar-refractivity contribution in [1.29, 1.82) is 0 Å². The van der Waals surface area contributed by atoms with E-state index in [2.05, 4.69) is 49.3 Å². The fraction of sp³-hybridized carbons (Fsp3) is 0.524. The number of aromatic nitrogens is 3. The first-order chi connectivity index (χ1) is 12.8. The summed E-state index contributed by atoms with van der Waals surface area (Å²) in [7, 11) is 1.85. The number of imidazole rings is 1. The zero-order valence-corrected chi connectivity index (χ0v) is 17.5. The Balaban J connectivity index is 1.71. The summed E-state index contributed by atoms with van der Waals surface area (Å²) >= 11 is 1.72. The summed E-state index contributed by atoms with van der Waals surface area (Å²) in [4.78, 5) is 20.0. The van der Waals surface area contributed by atoms with Crippen molar-refractivity contribution in [3.63, 3.8) is 0 Å². The molecule has 1 aliphatic heterocycles. The molecule has 6 heteroatoms. The molecular formula is C21H28N4OS. The van der Waals surface area contributed by atoms with Crippen LogP contribution < -0.4 is 10.6 Å². The van der Waals surface area contributed by atoms with Gasteiger partial charge in [0.1, 0.15) is 0 Å². The molecule has 1 aromatic carbocycles. The molecule has 0 saturated carbocycles. The van der Waals surface area contributed by atoms with E-state index in [0.29, 0.717) is 6.54 Å². The largest absolute Gasteiger partial charge is 0.348 e. The first-order valence-electron chi connectivity index (χ1n) is 9.74. The van der Waals surface area contributed by atoms with Gasteiger partial charge in [-0.2, -0.15) is 0 Å². The van der Waals surface area contributed by atoms with Crippen LogP contribution in [0.2, 0.25) is 0 Å². The quantitative estimate of drug-likeness (QED) is 0.668. The Hall–Kier alpha value is -2.08. The Morgan fingerprint density at radius 1 is 1.11 bits per heavy atom. The lowest BCUT2D eigenvalue weighted by atomic mass is 9.97. The average molecular weight is 385 g/mol. The van der Waals surface area contributed by atoms with Gasteiger partial charge in [0.05, 0.1) is 16.7 Å². The van der Waals surface area contributed by atoms with Crippen molar-refractivity contribution in [2.75, 3.05) is 18.0 Å². The lowest BCUT2D eigenvalue weighted by molar-refractivity contribution is 0.342. The minimum absolute atomic E-state index is 0.0457. The van der Waals surface area contributed by atoms with Gasteiger partial charge in [0.2, 0.25) is 0 Å². The number of rotatable bonds is 3. The topological polar surface area (TPSA) is 43.1 Å². The van der Waals surface area contributed by atoms with Crippen molar-refractivity contribution in [2.45, 2.75) is 46.6 Å². The van der Waals surface area contributed by atoms with Gasteiger partial charge in [-0.05, 0) is 36.8 Å². The highest BCUT2D eigenvalue weighted by molar-refractivity contribution is 7.14. The smallest absolute Gasteiger partial charge is 0.328 e. The molecule has 5 nitrogen and oxygen atoms in total. The van der Waals surface area contributed by atoms with Crippen LogP contribution in [-0.4, -0.2) is 27.2 Å². The summed E-state index contributed by atoms with van der Waals surface area (Å²) in [6.07, 6.45) is 3.83. The fourth-order valence-electron chi connectivity index (χ4n) is 3.82. The number of hydrogen-bond donors (Lipinski definition) is 0. The third-order valence-corrected chi connectivity index (χ3v) is 6.09. The van der Waals surface area contributed by atoms with Gasteiger partial charge in [-0.15, -0.1) is 11.3 Å². The average Bonchev–Trinajstić information content (AvgIpc) is 3.22. The van der Waals surface area contributed by atoms with Gasteiger partial charge in [-0.25, -0.2) is 9.78 Å². The number of nitrogens with zero attached hydrogens (tertiary/aromatic N) is 4. The summed E-state index contributed by atoms with van der Waals surface area (Å²) in [5.41, 5.74) is 4.13. The molecule has 1 aliphatic rings. The summed E-state index contributed by atoms with van der Waals surface area (Å²) in [6, 6.07) is 6.26. The lowest BCUT2D eigenvalue weighted by Gasteiger charge is -2.25. The molecule has 0 amide bonds. The molecule has 0 aliphatic carbocycles. The Labute approximate surface area is 164 Å². The zero-order valence-electron chi connectivity index (χ0n) is 16.7. The van der Waals surface area contributed by atoms with E-state index >= 15 is 0 Å². The number of benzene rings is 1. The molecule has 1 fully saturated rings. The molecule has 1 saturated heterocycles. The maximum absolute atomic E-state index is 12.7. The SMILES string of the molecule is Cn1c(=O)n(CC(C)(C)C)c2ccc(-c3csc(N4CCCCC4)n3)cc21. The third kappa shape index (κ3) is 3.55. The molecular weight excluding hydrogens is 356 g/mol. The standard InChI is InChI=1S/C21H28N4OS/c1-21(2,3)14-25-17-9-8-15(12-18(17)23(4)20(25)26)16-13-27-19(22-16)24-10-6-5-7-11-24/h8-9,12-13H,5-7,10-11,14H2,1-4H3. The first-order valence-corrected chi connectivity index (χ1v) is 10.6. The molecule has 0 atom stereocenters. The zero-order chi connectivity index (χ0) is 19.2. The van der Waals surface area contributed by atoms with Crippen LogP contribution in [0.5, 0.6) is 0 Å². The minimum Gasteiger partial charge on any atom is -0.348 e. The first kappa shape index (κ1) is 18.3. The highest BCUT2D eigenvalue weighted by Gasteiger charge is 2.19. The normalized spacial score (nSPS) is 15.6. The minimum atomic E-state index is 0.0457. The second-order valence-electron chi connectivity index (χ2n) is 8.75. The van der Waals surface area contributed by atoms with Crippen LogP contribution in [0, 0.1) is 5.41 Å². The molecule has 0 bridgehead atoms. The highest BCUT2D eigenvalue weighted by atomic mass is 32.1. The second-order valence-corrected chi connectivity index (χ2v) is 9.59. The molecule has 3 aromatic rings. The van der Waals surface area contributed by atoms with Crippen molar-refractivity contribution in [3.8, 4) is 11.3 Å². The Kier molecular flexibility index (Phi) is 4.62. The van der Waals surface area contributed by atoms with Crippen LogP contribution in [-0.2, 0) is 13.6 Å². The number of hydrogen-bond acceptors (Lipinski definition) is 4. The van der Waals surface area contributed by atoms with E-state index < -0.39 is 0 Å². The van der Waals surface area contributed by atoms with Gasteiger partial charge in [-0.3, -0.25) is 9.13 Å². The summed E-state index contributed by atoms with van der Waals surface area (Å²) < 4.78 is 3.64. The number of piperidine rings is 1. The van der Waals surface area contributed by atoms with E-state index in [9.17, 15) is 4.79 Å². The van der Waals surface area contributed by atoms with Crippen molar-refractivity contribution >= 4 is 27.5 Å². The van der Waals surface area contributed by atoms with Crippen molar-refractivity contribution in [3.05, 3.63) is 34.1 Å².